The maximum Gasteiger partial charge on any atom is 0.254 e. The number of carbonyl (C=O) groups excluding carboxylic acids is 1. The van der Waals surface area contributed by atoms with E-state index < -0.39 is 0 Å². The van der Waals surface area contributed by atoms with E-state index in [0.29, 0.717) is 17.2 Å². The number of carbonyl (C=O) groups is 1. The first kappa shape index (κ1) is 12.7. The molecule has 18 heavy (non-hydrogen) atoms. The standard InChI is InChI=1S/C14H20N2O2/c1-9-5-6-16(10(2)7-9)14(18)11-3-4-12(15)13(17)8-11/h3-4,8-10,17H,5-7,15H2,1-2H3. The first-order valence-electron chi connectivity index (χ1n) is 6.38. The summed E-state index contributed by atoms with van der Waals surface area (Å²) in [6.45, 7) is 5.07. The molecule has 2 unspecified atom stereocenters. The second-order valence-corrected chi connectivity index (χ2v) is 5.25. The van der Waals surface area contributed by atoms with Gasteiger partial charge in [0.15, 0.2) is 0 Å². The van der Waals surface area contributed by atoms with Crippen molar-refractivity contribution in [1.29, 1.82) is 0 Å². The summed E-state index contributed by atoms with van der Waals surface area (Å²) in [6.07, 6.45) is 2.07. The molecule has 1 saturated heterocycles. The van der Waals surface area contributed by atoms with Gasteiger partial charge >= 0.3 is 0 Å². The van der Waals surface area contributed by atoms with E-state index in [1.54, 1.807) is 12.1 Å². The van der Waals surface area contributed by atoms with Crippen LogP contribution in [0.3, 0.4) is 0 Å². The summed E-state index contributed by atoms with van der Waals surface area (Å²) in [5.74, 6) is 0.618. The molecule has 1 heterocycles. The lowest BCUT2D eigenvalue weighted by Gasteiger charge is -2.36. The minimum atomic E-state index is -0.0288. The number of hydrogen-bond acceptors (Lipinski definition) is 3. The SMILES string of the molecule is CC1CCN(C(=O)c2ccc(N)c(O)c2)C(C)C1. The Morgan fingerprint density at radius 2 is 2.17 bits per heavy atom. The van der Waals surface area contributed by atoms with Crippen LogP contribution in [0.25, 0.3) is 0 Å². The van der Waals surface area contributed by atoms with Crippen LogP contribution < -0.4 is 5.73 Å². The van der Waals surface area contributed by atoms with E-state index in [-0.39, 0.29) is 17.7 Å². The second kappa shape index (κ2) is 4.88. The van der Waals surface area contributed by atoms with Crippen LogP contribution in [-0.2, 0) is 0 Å². The number of nitrogens with two attached hydrogens (primary N) is 1. The smallest absolute Gasteiger partial charge is 0.254 e. The predicted molar refractivity (Wildman–Crippen MR) is 71.4 cm³/mol. The van der Waals surface area contributed by atoms with Crippen LogP contribution in [0.4, 0.5) is 5.69 Å². The molecule has 1 aliphatic rings. The first-order valence-corrected chi connectivity index (χ1v) is 6.38. The van der Waals surface area contributed by atoms with Gasteiger partial charge in [0.1, 0.15) is 5.75 Å². The minimum absolute atomic E-state index is 0.0234. The summed E-state index contributed by atoms with van der Waals surface area (Å²) in [4.78, 5) is 14.2. The van der Waals surface area contributed by atoms with Gasteiger partial charge in [0, 0.05) is 18.2 Å². The first-order chi connectivity index (χ1) is 8.49. The minimum Gasteiger partial charge on any atom is -0.506 e. The van der Waals surface area contributed by atoms with Crippen molar-refractivity contribution in [3.63, 3.8) is 0 Å². The number of benzene rings is 1. The molecule has 1 aromatic rings. The predicted octanol–water partition coefficient (Wildman–Crippen LogP) is 2.24. The van der Waals surface area contributed by atoms with Crippen LogP contribution in [0.15, 0.2) is 18.2 Å². The van der Waals surface area contributed by atoms with Gasteiger partial charge in [0.25, 0.3) is 5.91 Å². The number of phenols is 1. The van der Waals surface area contributed by atoms with E-state index in [2.05, 4.69) is 13.8 Å². The van der Waals surface area contributed by atoms with Gasteiger partial charge in [0.05, 0.1) is 5.69 Å². The number of hydrogen-bond donors (Lipinski definition) is 2. The number of piperidine rings is 1. The summed E-state index contributed by atoms with van der Waals surface area (Å²) < 4.78 is 0. The lowest BCUT2D eigenvalue weighted by atomic mass is 9.93. The fraction of sp³-hybridized carbons (Fsp3) is 0.500. The maximum atomic E-state index is 12.4. The lowest BCUT2D eigenvalue weighted by molar-refractivity contribution is 0.0588. The Kier molecular flexibility index (Phi) is 3.45. The van der Waals surface area contributed by atoms with E-state index >= 15 is 0 Å². The highest BCUT2D eigenvalue weighted by Gasteiger charge is 2.27. The zero-order valence-electron chi connectivity index (χ0n) is 10.9. The number of nitrogens with zero attached hydrogens (tertiary/aromatic N) is 1. The quantitative estimate of drug-likeness (QED) is 0.591. The Bertz CT molecular complexity index is 459. The number of nitrogen functional groups attached to an aromatic ring is 1. The van der Waals surface area contributed by atoms with Crippen molar-refractivity contribution in [1.82, 2.24) is 4.90 Å². The molecule has 0 aliphatic carbocycles. The monoisotopic (exact) mass is 248 g/mol. The Hall–Kier alpha value is -1.71. The van der Waals surface area contributed by atoms with Gasteiger partial charge in [0.2, 0.25) is 0 Å². The highest BCUT2D eigenvalue weighted by atomic mass is 16.3. The van der Waals surface area contributed by atoms with Gasteiger partial charge in [-0.2, -0.15) is 0 Å². The van der Waals surface area contributed by atoms with Crippen LogP contribution >= 0.6 is 0 Å². The van der Waals surface area contributed by atoms with Crippen LogP contribution in [0, 0.1) is 5.92 Å². The highest BCUT2D eigenvalue weighted by Crippen LogP contribution is 2.26. The van der Waals surface area contributed by atoms with Crippen molar-refractivity contribution < 1.29 is 9.90 Å². The number of likely N-dealkylation sites (tertiary alicyclic amines) is 1. The van der Waals surface area contributed by atoms with Crippen molar-refractivity contribution >= 4 is 11.6 Å². The Morgan fingerprint density at radius 3 is 2.78 bits per heavy atom. The Morgan fingerprint density at radius 1 is 1.44 bits per heavy atom. The molecule has 0 saturated carbocycles. The molecule has 3 N–H and O–H groups in total. The van der Waals surface area contributed by atoms with Crippen molar-refractivity contribution in [3.8, 4) is 5.75 Å². The van der Waals surface area contributed by atoms with E-state index in [0.717, 1.165) is 19.4 Å². The van der Waals surface area contributed by atoms with Crippen LogP contribution in [-0.4, -0.2) is 28.5 Å². The molecular formula is C14H20N2O2. The number of phenolic OH excluding ortho intramolecular Hbond substituents is 1. The van der Waals surface area contributed by atoms with E-state index in [9.17, 15) is 9.90 Å². The largest absolute Gasteiger partial charge is 0.506 e. The van der Waals surface area contributed by atoms with Gasteiger partial charge in [-0.25, -0.2) is 0 Å². The molecule has 1 fully saturated rings. The van der Waals surface area contributed by atoms with E-state index in [1.807, 2.05) is 4.90 Å². The van der Waals surface area contributed by atoms with Crippen molar-refractivity contribution in [2.24, 2.45) is 5.92 Å². The molecular weight excluding hydrogens is 228 g/mol. The molecule has 4 nitrogen and oxygen atoms in total. The second-order valence-electron chi connectivity index (χ2n) is 5.25. The number of aromatic hydroxyl groups is 1. The van der Waals surface area contributed by atoms with Gasteiger partial charge in [-0.1, -0.05) is 6.92 Å². The zero-order chi connectivity index (χ0) is 13.3. The van der Waals surface area contributed by atoms with E-state index in [4.69, 9.17) is 5.73 Å². The lowest BCUT2D eigenvalue weighted by Crippen LogP contribution is -2.44. The molecule has 0 spiro atoms. The molecule has 1 aliphatic heterocycles. The number of anilines is 1. The van der Waals surface area contributed by atoms with Crippen molar-refractivity contribution in [2.75, 3.05) is 12.3 Å². The highest BCUT2D eigenvalue weighted by molar-refractivity contribution is 5.95. The molecule has 98 valence electrons. The molecule has 4 heteroatoms. The average Bonchev–Trinajstić information content (AvgIpc) is 2.32. The Balaban J connectivity index is 2.18. The zero-order valence-corrected chi connectivity index (χ0v) is 10.9. The van der Waals surface area contributed by atoms with Crippen molar-refractivity contribution in [3.05, 3.63) is 23.8 Å². The average molecular weight is 248 g/mol. The van der Waals surface area contributed by atoms with Gasteiger partial charge in [-0.15, -0.1) is 0 Å². The number of amides is 1. The van der Waals surface area contributed by atoms with Crippen LogP contribution in [0.1, 0.15) is 37.0 Å². The molecule has 1 amide bonds. The summed E-state index contributed by atoms with van der Waals surface area (Å²) in [5.41, 5.74) is 6.34. The van der Waals surface area contributed by atoms with Crippen LogP contribution in [0.5, 0.6) is 5.75 Å². The molecule has 0 aromatic heterocycles. The summed E-state index contributed by atoms with van der Waals surface area (Å²) in [7, 11) is 0. The molecule has 2 atom stereocenters. The van der Waals surface area contributed by atoms with Crippen LogP contribution in [0.2, 0.25) is 0 Å². The Labute approximate surface area is 107 Å². The van der Waals surface area contributed by atoms with Gasteiger partial charge in [-0.05, 0) is 43.9 Å². The van der Waals surface area contributed by atoms with Gasteiger partial charge < -0.3 is 15.7 Å². The third kappa shape index (κ3) is 2.42. The molecule has 1 aromatic carbocycles. The third-order valence-corrected chi connectivity index (χ3v) is 3.68. The summed E-state index contributed by atoms with van der Waals surface area (Å²) >= 11 is 0. The van der Waals surface area contributed by atoms with Crippen molar-refractivity contribution in [2.45, 2.75) is 32.7 Å². The number of rotatable bonds is 1. The normalized spacial score (nSPS) is 24.0. The molecule has 2 rings (SSSR count). The third-order valence-electron chi connectivity index (χ3n) is 3.68. The summed E-state index contributed by atoms with van der Waals surface area (Å²) in [5, 5.41) is 9.56. The maximum absolute atomic E-state index is 12.4. The summed E-state index contributed by atoms with van der Waals surface area (Å²) in [6, 6.07) is 4.94. The topological polar surface area (TPSA) is 66.6 Å². The van der Waals surface area contributed by atoms with Gasteiger partial charge in [-0.3, -0.25) is 4.79 Å². The molecule has 0 bridgehead atoms. The van der Waals surface area contributed by atoms with E-state index in [1.165, 1.54) is 6.07 Å². The fourth-order valence-corrected chi connectivity index (χ4v) is 2.55. The molecule has 0 radical (unpaired) electrons. The fourth-order valence-electron chi connectivity index (χ4n) is 2.55.